The van der Waals surface area contributed by atoms with Crippen LogP contribution in [0.25, 0.3) is 0 Å². The molecule has 7 nitrogen and oxygen atoms in total. The molecule has 156 valence electrons. The smallest absolute Gasteiger partial charge is 0.225 e. The molecule has 3 rings (SSSR count). The van der Waals surface area contributed by atoms with Gasteiger partial charge in [0, 0.05) is 26.1 Å². The van der Waals surface area contributed by atoms with Crippen LogP contribution < -0.4 is 5.32 Å². The van der Waals surface area contributed by atoms with Crippen molar-refractivity contribution in [2.24, 2.45) is 5.92 Å². The van der Waals surface area contributed by atoms with Gasteiger partial charge in [0.2, 0.25) is 11.8 Å². The zero-order valence-corrected chi connectivity index (χ0v) is 17.3. The molecule has 0 bridgehead atoms. The number of hydrogen-bond acceptors (Lipinski definition) is 5. The molecule has 0 saturated carbocycles. The summed E-state index contributed by atoms with van der Waals surface area (Å²) in [7, 11) is 1.61. The first kappa shape index (κ1) is 21.0. The molecule has 1 aliphatic rings. The maximum absolute atomic E-state index is 13.1. The third kappa shape index (κ3) is 4.85. The molecule has 1 aliphatic heterocycles. The van der Waals surface area contributed by atoms with E-state index in [1.807, 2.05) is 44.2 Å². The maximum Gasteiger partial charge on any atom is 0.225 e. The molecule has 1 fully saturated rings. The van der Waals surface area contributed by atoms with Crippen LogP contribution in [0.15, 0.2) is 34.9 Å². The lowest BCUT2D eigenvalue weighted by molar-refractivity contribution is -0.144. The Hall–Kier alpha value is -2.67. The minimum Gasteiger partial charge on any atom is -0.383 e. The first-order valence-electron chi connectivity index (χ1n) is 10.1. The molecule has 2 heterocycles. The van der Waals surface area contributed by atoms with Crippen LogP contribution in [-0.2, 0) is 27.3 Å². The Labute approximate surface area is 171 Å². The summed E-state index contributed by atoms with van der Waals surface area (Å²) in [5.41, 5.74) is 2.93. The molecule has 1 saturated heterocycles. The van der Waals surface area contributed by atoms with E-state index in [2.05, 4.69) is 10.5 Å². The minimum atomic E-state index is -0.334. The number of likely N-dealkylation sites (tertiary alicyclic amines) is 1. The molecule has 2 atom stereocenters. The lowest BCUT2D eigenvalue weighted by atomic mass is 9.82. The highest BCUT2D eigenvalue weighted by atomic mass is 16.5. The number of carbonyl (C=O) groups is 2. The van der Waals surface area contributed by atoms with Gasteiger partial charge in [-0.2, -0.15) is 0 Å². The van der Waals surface area contributed by atoms with Gasteiger partial charge in [-0.15, -0.1) is 0 Å². The minimum absolute atomic E-state index is 0.0576. The number of rotatable bonds is 8. The fourth-order valence-corrected chi connectivity index (χ4v) is 3.90. The summed E-state index contributed by atoms with van der Waals surface area (Å²) in [6.07, 6.45) is 1.65. The van der Waals surface area contributed by atoms with Crippen molar-refractivity contribution in [1.29, 1.82) is 0 Å². The normalized spacial score (nSPS) is 19.4. The zero-order valence-electron chi connectivity index (χ0n) is 17.3. The molecule has 1 N–H and O–H groups in total. The fraction of sp³-hybridized carbons (Fsp3) is 0.500. The number of ether oxygens (including phenoxy) is 1. The van der Waals surface area contributed by atoms with Gasteiger partial charge in [0.25, 0.3) is 0 Å². The molecule has 0 unspecified atom stereocenters. The van der Waals surface area contributed by atoms with Gasteiger partial charge in [-0.25, -0.2) is 0 Å². The second kappa shape index (κ2) is 9.69. The summed E-state index contributed by atoms with van der Waals surface area (Å²) in [5.74, 6) is 0.273. The van der Waals surface area contributed by atoms with Crippen molar-refractivity contribution in [3.8, 4) is 0 Å². The van der Waals surface area contributed by atoms with E-state index >= 15 is 0 Å². The number of amides is 2. The molecular formula is C22H29N3O4. The molecule has 2 aromatic rings. The topological polar surface area (TPSA) is 84.7 Å². The SMILES string of the molecule is CCc1cc(CNC(=O)[C@@H]2CCC(=O)N(CCOC)[C@H]2c2ccccc2C)on1. The Kier molecular flexibility index (Phi) is 7.04. The van der Waals surface area contributed by atoms with E-state index in [1.165, 1.54) is 0 Å². The van der Waals surface area contributed by atoms with Crippen molar-refractivity contribution in [2.75, 3.05) is 20.3 Å². The molecule has 0 radical (unpaired) electrons. The highest BCUT2D eigenvalue weighted by molar-refractivity contribution is 5.85. The van der Waals surface area contributed by atoms with E-state index in [0.717, 1.165) is 23.2 Å². The number of aryl methyl sites for hydroxylation is 2. The van der Waals surface area contributed by atoms with Crippen molar-refractivity contribution in [2.45, 2.75) is 45.7 Å². The molecule has 29 heavy (non-hydrogen) atoms. The summed E-state index contributed by atoms with van der Waals surface area (Å²) in [6.45, 7) is 5.19. The summed E-state index contributed by atoms with van der Waals surface area (Å²) >= 11 is 0. The van der Waals surface area contributed by atoms with Crippen LogP contribution in [0.5, 0.6) is 0 Å². The van der Waals surface area contributed by atoms with Crippen LogP contribution in [0.3, 0.4) is 0 Å². The second-order valence-corrected chi connectivity index (χ2v) is 7.38. The van der Waals surface area contributed by atoms with Crippen LogP contribution in [0.2, 0.25) is 0 Å². The van der Waals surface area contributed by atoms with Crippen LogP contribution in [0.1, 0.15) is 48.4 Å². The Morgan fingerprint density at radius 1 is 1.38 bits per heavy atom. The lowest BCUT2D eigenvalue weighted by Gasteiger charge is -2.41. The highest BCUT2D eigenvalue weighted by Crippen LogP contribution is 2.38. The number of carbonyl (C=O) groups excluding carboxylic acids is 2. The van der Waals surface area contributed by atoms with Gasteiger partial charge in [-0.1, -0.05) is 36.3 Å². The molecule has 2 amide bonds. The molecule has 1 aromatic heterocycles. The highest BCUT2D eigenvalue weighted by Gasteiger charge is 2.40. The van der Waals surface area contributed by atoms with Crippen molar-refractivity contribution >= 4 is 11.8 Å². The van der Waals surface area contributed by atoms with Gasteiger partial charge in [-0.05, 0) is 30.9 Å². The van der Waals surface area contributed by atoms with Crippen molar-refractivity contribution < 1.29 is 18.8 Å². The number of hydrogen-bond donors (Lipinski definition) is 1. The molecule has 1 aromatic carbocycles. The number of nitrogens with one attached hydrogen (secondary N) is 1. The van der Waals surface area contributed by atoms with Crippen molar-refractivity contribution in [3.05, 3.63) is 52.9 Å². The predicted octanol–water partition coefficient (Wildman–Crippen LogP) is 2.79. The van der Waals surface area contributed by atoms with Crippen LogP contribution in [0, 0.1) is 12.8 Å². The fourth-order valence-electron chi connectivity index (χ4n) is 3.90. The molecular weight excluding hydrogens is 370 g/mol. The quantitative estimate of drug-likeness (QED) is 0.738. The van der Waals surface area contributed by atoms with Gasteiger partial charge in [-0.3, -0.25) is 9.59 Å². The van der Waals surface area contributed by atoms with Gasteiger partial charge < -0.3 is 19.5 Å². The molecule has 0 spiro atoms. The zero-order chi connectivity index (χ0) is 20.8. The van der Waals surface area contributed by atoms with E-state index in [-0.39, 0.29) is 30.3 Å². The van der Waals surface area contributed by atoms with E-state index in [0.29, 0.717) is 31.8 Å². The Balaban J connectivity index is 1.82. The summed E-state index contributed by atoms with van der Waals surface area (Å²) < 4.78 is 10.5. The standard InChI is InChI=1S/C22H29N3O4/c1-4-16-13-17(29-24-16)14-23-22(27)19-9-10-20(26)25(11-12-28-3)21(19)18-8-6-5-7-15(18)2/h5-8,13,19,21H,4,9-12,14H2,1-3H3,(H,23,27)/t19-,21+/m1/s1. The monoisotopic (exact) mass is 399 g/mol. The average Bonchev–Trinajstić information content (AvgIpc) is 3.19. The maximum atomic E-state index is 13.1. The third-order valence-corrected chi connectivity index (χ3v) is 5.49. The Morgan fingerprint density at radius 2 is 2.17 bits per heavy atom. The number of methoxy groups -OCH3 is 1. The molecule has 7 heteroatoms. The van der Waals surface area contributed by atoms with Crippen molar-refractivity contribution in [1.82, 2.24) is 15.4 Å². The van der Waals surface area contributed by atoms with E-state index < -0.39 is 0 Å². The number of aromatic nitrogens is 1. The third-order valence-electron chi connectivity index (χ3n) is 5.49. The lowest BCUT2D eigenvalue weighted by Crippen LogP contribution is -2.49. The van der Waals surface area contributed by atoms with Gasteiger partial charge in [0.1, 0.15) is 0 Å². The number of piperidine rings is 1. The van der Waals surface area contributed by atoms with E-state index in [9.17, 15) is 9.59 Å². The van der Waals surface area contributed by atoms with Gasteiger partial charge in [0.05, 0.1) is 30.8 Å². The summed E-state index contributed by atoms with van der Waals surface area (Å²) in [5, 5.41) is 6.94. The van der Waals surface area contributed by atoms with E-state index in [4.69, 9.17) is 9.26 Å². The Bertz CT molecular complexity index is 848. The first-order valence-corrected chi connectivity index (χ1v) is 10.1. The number of nitrogens with zero attached hydrogens (tertiary/aromatic N) is 2. The average molecular weight is 399 g/mol. The van der Waals surface area contributed by atoms with Gasteiger partial charge >= 0.3 is 0 Å². The summed E-state index contributed by atoms with van der Waals surface area (Å²) in [6, 6.07) is 9.47. The molecule has 0 aliphatic carbocycles. The van der Waals surface area contributed by atoms with Gasteiger partial charge in [0.15, 0.2) is 5.76 Å². The van der Waals surface area contributed by atoms with Crippen LogP contribution in [0.4, 0.5) is 0 Å². The predicted molar refractivity (Wildman–Crippen MR) is 108 cm³/mol. The van der Waals surface area contributed by atoms with E-state index in [1.54, 1.807) is 12.0 Å². The summed E-state index contributed by atoms with van der Waals surface area (Å²) in [4.78, 5) is 27.6. The largest absolute Gasteiger partial charge is 0.383 e. The van der Waals surface area contributed by atoms with Crippen LogP contribution >= 0.6 is 0 Å². The van der Waals surface area contributed by atoms with Crippen LogP contribution in [-0.4, -0.2) is 42.1 Å². The number of benzene rings is 1. The first-order chi connectivity index (χ1) is 14.0. The second-order valence-electron chi connectivity index (χ2n) is 7.38. The van der Waals surface area contributed by atoms with Crippen molar-refractivity contribution in [3.63, 3.8) is 0 Å². The Morgan fingerprint density at radius 3 is 2.86 bits per heavy atom.